The second-order valence-corrected chi connectivity index (χ2v) is 7.91. The van der Waals surface area contributed by atoms with Crippen LogP contribution in [0, 0.1) is 6.92 Å². The van der Waals surface area contributed by atoms with E-state index in [1.807, 2.05) is 32.0 Å². The zero-order valence-corrected chi connectivity index (χ0v) is 13.2. The molecule has 1 saturated heterocycles. The summed E-state index contributed by atoms with van der Waals surface area (Å²) in [4.78, 5) is 0. The molecule has 2 atom stereocenters. The van der Waals surface area contributed by atoms with Crippen molar-refractivity contribution in [2.45, 2.75) is 38.0 Å². The highest BCUT2D eigenvalue weighted by molar-refractivity contribution is 7.92. The minimum absolute atomic E-state index is 0.0707. The SMILES string of the molecule is COc1cc(C)ccc1C(C)NCC1CCCS1(=O)=O. The number of sulfone groups is 1. The molecule has 2 unspecified atom stereocenters. The van der Waals surface area contributed by atoms with Gasteiger partial charge in [-0.15, -0.1) is 0 Å². The first-order valence-corrected chi connectivity index (χ1v) is 8.75. The molecule has 0 bridgehead atoms. The van der Waals surface area contributed by atoms with Gasteiger partial charge in [0.2, 0.25) is 0 Å². The van der Waals surface area contributed by atoms with Gasteiger partial charge in [0, 0.05) is 18.2 Å². The minimum atomic E-state index is -2.88. The fraction of sp³-hybridized carbons (Fsp3) is 0.600. The highest BCUT2D eigenvalue weighted by Crippen LogP contribution is 2.27. The first-order valence-electron chi connectivity index (χ1n) is 7.03. The van der Waals surface area contributed by atoms with E-state index >= 15 is 0 Å². The Morgan fingerprint density at radius 2 is 2.20 bits per heavy atom. The summed E-state index contributed by atoms with van der Waals surface area (Å²) < 4.78 is 29.0. The normalized spacial score (nSPS) is 22.6. The number of methoxy groups -OCH3 is 1. The standard InChI is InChI=1S/C15H23NO3S/c1-11-6-7-14(15(9-11)19-3)12(2)16-10-13-5-4-8-20(13,17)18/h6-7,9,12-13,16H,4-5,8,10H2,1-3H3. The lowest BCUT2D eigenvalue weighted by Gasteiger charge is -2.19. The number of ether oxygens (including phenoxy) is 1. The van der Waals surface area contributed by atoms with Crippen LogP contribution in [0.2, 0.25) is 0 Å². The molecule has 1 heterocycles. The molecule has 20 heavy (non-hydrogen) atoms. The molecule has 1 N–H and O–H groups in total. The molecule has 1 aliphatic heterocycles. The molecule has 1 aromatic rings. The molecule has 5 heteroatoms. The van der Waals surface area contributed by atoms with E-state index in [2.05, 4.69) is 5.32 Å². The van der Waals surface area contributed by atoms with Crippen molar-refractivity contribution in [2.24, 2.45) is 0 Å². The number of nitrogens with one attached hydrogen (secondary N) is 1. The summed E-state index contributed by atoms with van der Waals surface area (Å²) in [5.74, 6) is 1.18. The number of hydrogen-bond donors (Lipinski definition) is 1. The first kappa shape index (κ1) is 15.3. The van der Waals surface area contributed by atoms with Gasteiger partial charge in [0.1, 0.15) is 5.75 Å². The van der Waals surface area contributed by atoms with Crippen molar-refractivity contribution in [3.63, 3.8) is 0 Å². The van der Waals surface area contributed by atoms with Crippen LogP contribution in [0.3, 0.4) is 0 Å². The molecule has 1 aromatic carbocycles. The molecule has 1 fully saturated rings. The molecule has 0 aliphatic carbocycles. The van der Waals surface area contributed by atoms with Gasteiger partial charge in [-0.05, 0) is 38.3 Å². The fourth-order valence-corrected chi connectivity index (χ4v) is 4.46. The maximum absolute atomic E-state index is 11.8. The quantitative estimate of drug-likeness (QED) is 0.905. The van der Waals surface area contributed by atoms with Gasteiger partial charge in [0.15, 0.2) is 9.84 Å². The third kappa shape index (κ3) is 3.33. The maximum Gasteiger partial charge on any atom is 0.154 e. The van der Waals surface area contributed by atoms with Crippen LogP contribution in [0.5, 0.6) is 5.75 Å². The number of aryl methyl sites for hydroxylation is 1. The fourth-order valence-electron chi connectivity index (χ4n) is 2.68. The van der Waals surface area contributed by atoms with Crippen LogP contribution in [-0.2, 0) is 9.84 Å². The average molecular weight is 297 g/mol. The molecule has 0 aromatic heterocycles. The Hall–Kier alpha value is -1.07. The Morgan fingerprint density at radius 1 is 1.45 bits per heavy atom. The van der Waals surface area contributed by atoms with Crippen molar-refractivity contribution in [1.29, 1.82) is 0 Å². The Balaban J connectivity index is 2.03. The van der Waals surface area contributed by atoms with Crippen molar-refractivity contribution in [1.82, 2.24) is 5.32 Å². The topological polar surface area (TPSA) is 55.4 Å². The van der Waals surface area contributed by atoms with Crippen molar-refractivity contribution in [3.8, 4) is 5.75 Å². The van der Waals surface area contributed by atoms with Crippen molar-refractivity contribution in [3.05, 3.63) is 29.3 Å². The number of hydrogen-bond acceptors (Lipinski definition) is 4. The molecule has 0 spiro atoms. The smallest absolute Gasteiger partial charge is 0.154 e. The number of benzene rings is 1. The lowest BCUT2D eigenvalue weighted by Crippen LogP contribution is -2.32. The summed E-state index contributed by atoms with van der Waals surface area (Å²) >= 11 is 0. The van der Waals surface area contributed by atoms with Gasteiger partial charge >= 0.3 is 0 Å². The molecule has 1 aliphatic rings. The van der Waals surface area contributed by atoms with E-state index in [0.29, 0.717) is 12.3 Å². The highest BCUT2D eigenvalue weighted by atomic mass is 32.2. The molecule has 4 nitrogen and oxygen atoms in total. The summed E-state index contributed by atoms with van der Waals surface area (Å²) in [5, 5.41) is 3.10. The van der Waals surface area contributed by atoms with Crippen LogP contribution >= 0.6 is 0 Å². The Labute approximate surface area is 121 Å². The van der Waals surface area contributed by atoms with Crippen LogP contribution < -0.4 is 10.1 Å². The largest absolute Gasteiger partial charge is 0.496 e. The predicted octanol–water partition coefficient (Wildman–Crippen LogP) is 2.23. The van der Waals surface area contributed by atoms with Crippen LogP contribution in [0.25, 0.3) is 0 Å². The monoisotopic (exact) mass is 297 g/mol. The van der Waals surface area contributed by atoms with Crippen LogP contribution in [0.15, 0.2) is 18.2 Å². The molecule has 112 valence electrons. The lowest BCUT2D eigenvalue weighted by atomic mass is 10.0. The zero-order chi connectivity index (χ0) is 14.8. The Bertz CT molecular complexity index is 568. The van der Waals surface area contributed by atoms with Gasteiger partial charge in [-0.1, -0.05) is 12.1 Å². The number of rotatable bonds is 5. The summed E-state index contributed by atoms with van der Waals surface area (Å²) in [7, 11) is -1.22. The summed E-state index contributed by atoms with van der Waals surface area (Å²) in [6.45, 7) is 4.57. The molecule has 0 saturated carbocycles. The highest BCUT2D eigenvalue weighted by Gasteiger charge is 2.31. The van der Waals surface area contributed by atoms with E-state index in [4.69, 9.17) is 4.74 Å². The van der Waals surface area contributed by atoms with Gasteiger partial charge in [0.25, 0.3) is 0 Å². The third-order valence-electron chi connectivity index (χ3n) is 3.97. The van der Waals surface area contributed by atoms with Gasteiger partial charge in [-0.25, -0.2) is 8.42 Å². The summed E-state index contributed by atoms with van der Waals surface area (Å²) in [6, 6.07) is 6.15. The average Bonchev–Trinajstić information content (AvgIpc) is 2.74. The maximum atomic E-state index is 11.8. The van der Waals surface area contributed by atoms with E-state index in [-0.39, 0.29) is 11.3 Å². The van der Waals surface area contributed by atoms with Crippen molar-refractivity contribution < 1.29 is 13.2 Å². The van der Waals surface area contributed by atoms with Crippen molar-refractivity contribution >= 4 is 9.84 Å². The van der Waals surface area contributed by atoms with Crippen LogP contribution in [0.1, 0.15) is 36.9 Å². The van der Waals surface area contributed by atoms with E-state index in [9.17, 15) is 8.42 Å². The van der Waals surface area contributed by atoms with Crippen LogP contribution in [0.4, 0.5) is 0 Å². The van der Waals surface area contributed by atoms with Crippen molar-refractivity contribution in [2.75, 3.05) is 19.4 Å². The van der Waals surface area contributed by atoms with E-state index in [1.165, 1.54) is 0 Å². The third-order valence-corrected chi connectivity index (χ3v) is 6.25. The zero-order valence-electron chi connectivity index (χ0n) is 12.3. The van der Waals surface area contributed by atoms with Gasteiger partial charge < -0.3 is 10.1 Å². The second-order valence-electron chi connectivity index (χ2n) is 5.51. The molecule has 2 rings (SSSR count). The van der Waals surface area contributed by atoms with Crippen LogP contribution in [-0.4, -0.2) is 33.1 Å². The molecular formula is C15H23NO3S. The summed E-state index contributed by atoms with van der Waals surface area (Å²) in [6.07, 6.45) is 1.56. The van der Waals surface area contributed by atoms with E-state index < -0.39 is 9.84 Å². The molecular weight excluding hydrogens is 274 g/mol. The van der Waals surface area contributed by atoms with E-state index in [0.717, 1.165) is 29.7 Å². The first-order chi connectivity index (χ1) is 9.44. The summed E-state index contributed by atoms with van der Waals surface area (Å²) in [5.41, 5.74) is 2.21. The second kappa shape index (κ2) is 6.14. The lowest BCUT2D eigenvalue weighted by molar-refractivity contribution is 0.401. The van der Waals surface area contributed by atoms with Gasteiger partial charge in [-0.3, -0.25) is 0 Å². The predicted molar refractivity (Wildman–Crippen MR) is 81.0 cm³/mol. The van der Waals surface area contributed by atoms with E-state index in [1.54, 1.807) is 7.11 Å². The Morgan fingerprint density at radius 3 is 2.80 bits per heavy atom. The molecule has 0 amide bonds. The van der Waals surface area contributed by atoms with Gasteiger partial charge in [0.05, 0.1) is 18.1 Å². The molecule has 0 radical (unpaired) electrons. The minimum Gasteiger partial charge on any atom is -0.496 e. The van der Waals surface area contributed by atoms with Gasteiger partial charge in [-0.2, -0.15) is 0 Å². The Kier molecular flexibility index (Phi) is 4.70.